The Morgan fingerprint density at radius 1 is 1.15 bits per heavy atom. The van der Waals surface area contributed by atoms with Gasteiger partial charge in [-0.1, -0.05) is 24.3 Å². The Bertz CT molecular complexity index is 997. The number of rotatable bonds is 4. The number of aromatic amines is 1. The largest absolute Gasteiger partial charge is 0.336 e. The van der Waals surface area contributed by atoms with Crippen LogP contribution in [-0.2, 0) is 6.42 Å². The highest BCUT2D eigenvalue weighted by atomic mass is 16.2. The average molecular weight is 361 g/mol. The third-order valence-electron chi connectivity index (χ3n) is 5.33. The number of piperidine rings is 1. The van der Waals surface area contributed by atoms with Gasteiger partial charge in [0.05, 0.1) is 5.56 Å². The van der Waals surface area contributed by atoms with Crippen LogP contribution in [0.25, 0.3) is 10.9 Å². The molecule has 0 radical (unpaired) electrons. The van der Waals surface area contributed by atoms with Crippen LogP contribution in [0.4, 0.5) is 0 Å². The molecule has 2 aromatic heterocycles. The number of nitrogens with one attached hydrogen (secondary N) is 1. The van der Waals surface area contributed by atoms with Crippen molar-refractivity contribution in [1.29, 1.82) is 0 Å². The molecule has 1 aromatic carbocycles. The summed E-state index contributed by atoms with van der Waals surface area (Å²) >= 11 is 0. The van der Waals surface area contributed by atoms with E-state index in [1.807, 2.05) is 53.6 Å². The lowest BCUT2D eigenvalue weighted by Crippen LogP contribution is -2.44. The van der Waals surface area contributed by atoms with Gasteiger partial charge in [0.25, 0.3) is 5.91 Å². The number of para-hydroxylation sites is 1. The number of nitrogens with zero attached hydrogens (tertiary/aromatic N) is 2. The summed E-state index contributed by atoms with van der Waals surface area (Å²) in [5.41, 5.74) is 2.02. The van der Waals surface area contributed by atoms with Gasteiger partial charge >= 0.3 is 0 Å². The number of fused-ring (bicyclic) bond motifs is 1. The highest BCUT2D eigenvalue weighted by Gasteiger charge is 2.28. The van der Waals surface area contributed by atoms with Crippen LogP contribution in [0.1, 0.15) is 41.7 Å². The molecule has 1 saturated heterocycles. The Hall–Kier alpha value is -2.95. The van der Waals surface area contributed by atoms with Gasteiger partial charge in [0, 0.05) is 41.4 Å². The number of hydrogen-bond donors (Lipinski definition) is 1. The van der Waals surface area contributed by atoms with Gasteiger partial charge in [-0.25, -0.2) is 0 Å². The molecular weight excluding hydrogens is 338 g/mol. The highest BCUT2D eigenvalue weighted by molar-refractivity contribution is 6.06. The van der Waals surface area contributed by atoms with Crippen LogP contribution >= 0.6 is 0 Å². The minimum absolute atomic E-state index is 0.0389. The lowest BCUT2D eigenvalue weighted by molar-refractivity contribution is 0.0603. The second-order valence-electron chi connectivity index (χ2n) is 7.10. The van der Waals surface area contributed by atoms with E-state index in [0.717, 1.165) is 49.7 Å². The molecule has 5 heteroatoms. The van der Waals surface area contributed by atoms with Crippen molar-refractivity contribution in [2.75, 3.05) is 6.54 Å². The second-order valence-corrected chi connectivity index (χ2v) is 7.10. The molecule has 0 bridgehead atoms. The van der Waals surface area contributed by atoms with Gasteiger partial charge in [0.1, 0.15) is 0 Å². The molecule has 0 spiro atoms. The number of pyridine rings is 2. The predicted octanol–water partition coefficient (Wildman–Crippen LogP) is 3.55. The molecule has 4 rings (SSSR count). The molecule has 1 aliphatic heterocycles. The molecule has 1 fully saturated rings. The van der Waals surface area contributed by atoms with E-state index in [2.05, 4.69) is 9.97 Å². The first kappa shape index (κ1) is 17.5. The standard InChI is InChI=1S/C22H23N3O2/c26-21-15-19(18-9-1-2-10-20(18)24-21)22(27)25-14-6-4-8-17(25)12-11-16-7-3-5-13-23-16/h1-3,5,7,9-10,13,15,17H,4,6,8,11-12,14H2,(H,24,26)/t17-/m0/s1. The van der Waals surface area contributed by atoms with Gasteiger partial charge in [0.15, 0.2) is 0 Å². The van der Waals surface area contributed by atoms with Crippen molar-refractivity contribution in [2.45, 2.75) is 38.1 Å². The van der Waals surface area contributed by atoms with Gasteiger partial charge in [-0.2, -0.15) is 0 Å². The maximum absolute atomic E-state index is 13.3. The minimum Gasteiger partial charge on any atom is -0.336 e. The summed E-state index contributed by atoms with van der Waals surface area (Å²) in [6, 6.07) is 15.1. The lowest BCUT2D eigenvalue weighted by Gasteiger charge is -2.36. The number of carbonyl (C=O) groups excluding carboxylic acids is 1. The molecule has 1 aliphatic rings. The van der Waals surface area contributed by atoms with Crippen LogP contribution in [0.3, 0.4) is 0 Å². The van der Waals surface area contributed by atoms with Crippen molar-refractivity contribution in [2.24, 2.45) is 0 Å². The molecule has 1 atom stereocenters. The topological polar surface area (TPSA) is 66.1 Å². The Balaban J connectivity index is 1.60. The van der Waals surface area contributed by atoms with Gasteiger partial charge in [-0.05, 0) is 50.3 Å². The molecule has 27 heavy (non-hydrogen) atoms. The van der Waals surface area contributed by atoms with E-state index in [9.17, 15) is 9.59 Å². The number of aromatic nitrogens is 2. The predicted molar refractivity (Wildman–Crippen MR) is 106 cm³/mol. The fourth-order valence-electron chi connectivity index (χ4n) is 3.96. The average Bonchev–Trinajstić information content (AvgIpc) is 2.72. The summed E-state index contributed by atoms with van der Waals surface area (Å²) < 4.78 is 0. The summed E-state index contributed by atoms with van der Waals surface area (Å²) in [7, 11) is 0. The SMILES string of the molecule is O=C(c1cc(=O)[nH]c2ccccc12)N1CCCC[C@H]1CCc1ccccn1. The number of benzene rings is 1. The van der Waals surface area contributed by atoms with E-state index in [1.165, 1.54) is 6.07 Å². The Morgan fingerprint density at radius 2 is 2.00 bits per heavy atom. The number of likely N-dealkylation sites (tertiary alicyclic amines) is 1. The van der Waals surface area contributed by atoms with Gasteiger partial charge in [-0.15, -0.1) is 0 Å². The van der Waals surface area contributed by atoms with Crippen molar-refractivity contribution >= 4 is 16.8 Å². The molecule has 0 saturated carbocycles. The molecule has 1 N–H and O–H groups in total. The second kappa shape index (κ2) is 7.74. The third-order valence-corrected chi connectivity index (χ3v) is 5.33. The molecule has 0 aliphatic carbocycles. The zero-order valence-corrected chi connectivity index (χ0v) is 15.2. The van der Waals surface area contributed by atoms with Gasteiger partial charge < -0.3 is 9.88 Å². The maximum Gasteiger partial charge on any atom is 0.254 e. The first-order valence-corrected chi connectivity index (χ1v) is 9.55. The summed E-state index contributed by atoms with van der Waals surface area (Å²) in [5.74, 6) is -0.0389. The summed E-state index contributed by atoms with van der Waals surface area (Å²) in [5, 5.41) is 0.802. The molecular formula is C22H23N3O2. The number of aryl methyl sites for hydroxylation is 1. The normalized spacial score (nSPS) is 17.2. The Morgan fingerprint density at radius 3 is 2.85 bits per heavy atom. The minimum atomic E-state index is -0.237. The number of amides is 1. The third kappa shape index (κ3) is 3.77. The van der Waals surface area contributed by atoms with Crippen LogP contribution in [0.5, 0.6) is 0 Å². The molecule has 138 valence electrons. The molecule has 1 amide bonds. The Labute approximate surface area is 158 Å². The fourth-order valence-corrected chi connectivity index (χ4v) is 3.96. The highest BCUT2D eigenvalue weighted by Crippen LogP contribution is 2.25. The molecule has 3 aromatic rings. The van der Waals surface area contributed by atoms with Crippen LogP contribution < -0.4 is 5.56 Å². The maximum atomic E-state index is 13.3. The van der Waals surface area contributed by atoms with Crippen molar-refractivity contribution in [3.63, 3.8) is 0 Å². The van der Waals surface area contributed by atoms with Gasteiger partial charge in [-0.3, -0.25) is 14.6 Å². The van der Waals surface area contributed by atoms with Crippen LogP contribution in [0, 0.1) is 0 Å². The number of H-pyrrole nitrogens is 1. The van der Waals surface area contributed by atoms with Gasteiger partial charge in [0.2, 0.25) is 5.56 Å². The Kier molecular flexibility index (Phi) is 5.01. The summed E-state index contributed by atoms with van der Waals surface area (Å²) in [4.78, 5) is 34.6. The molecule has 0 unspecified atom stereocenters. The van der Waals surface area contributed by atoms with E-state index < -0.39 is 0 Å². The van der Waals surface area contributed by atoms with E-state index in [0.29, 0.717) is 11.1 Å². The smallest absolute Gasteiger partial charge is 0.254 e. The van der Waals surface area contributed by atoms with Crippen molar-refractivity contribution in [3.05, 3.63) is 76.3 Å². The van der Waals surface area contributed by atoms with Crippen LogP contribution in [0.2, 0.25) is 0 Å². The van der Waals surface area contributed by atoms with Crippen LogP contribution in [0.15, 0.2) is 59.5 Å². The molecule has 5 nitrogen and oxygen atoms in total. The zero-order chi connectivity index (χ0) is 18.6. The number of carbonyl (C=O) groups is 1. The molecule has 3 heterocycles. The number of hydrogen-bond acceptors (Lipinski definition) is 3. The van der Waals surface area contributed by atoms with E-state index in [1.54, 1.807) is 0 Å². The van der Waals surface area contributed by atoms with E-state index in [4.69, 9.17) is 0 Å². The summed E-state index contributed by atoms with van der Waals surface area (Å²) in [6.45, 7) is 0.743. The summed E-state index contributed by atoms with van der Waals surface area (Å²) in [6.07, 6.45) is 6.69. The monoisotopic (exact) mass is 361 g/mol. The van der Waals surface area contributed by atoms with E-state index in [-0.39, 0.29) is 17.5 Å². The van der Waals surface area contributed by atoms with E-state index >= 15 is 0 Å². The van der Waals surface area contributed by atoms with Crippen molar-refractivity contribution < 1.29 is 4.79 Å². The van der Waals surface area contributed by atoms with Crippen molar-refractivity contribution in [3.8, 4) is 0 Å². The van der Waals surface area contributed by atoms with Crippen molar-refractivity contribution in [1.82, 2.24) is 14.9 Å². The quantitative estimate of drug-likeness (QED) is 0.773. The fraction of sp³-hybridized carbons (Fsp3) is 0.318. The lowest BCUT2D eigenvalue weighted by atomic mass is 9.95. The van der Waals surface area contributed by atoms with Crippen LogP contribution in [-0.4, -0.2) is 33.4 Å². The first-order chi connectivity index (χ1) is 13.2. The first-order valence-electron chi connectivity index (χ1n) is 9.55. The zero-order valence-electron chi connectivity index (χ0n) is 15.2.